The van der Waals surface area contributed by atoms with Gasteiger partial charge < -0.3 is 5.32 Å². The minimum Gasteiger partial charge on any atom is -0.351 e. The Hall–Kier alpha value is -2.12. The highest BCUT2D eigenvalue weighted by molar-refractivity contribution is 7.20. The molecule has 0 aliphatic carbocycles. The molecule has 3 rings (SSSR count). The SMILES string of the molecule is O=C(NCCc1csc(-c2cccs2)n1)c1c(F)cccc1F. The Morgan fingerprint density at radius 3 is 2.61 bits per heavy atom. The standard InChI is InChI=1S/C16H12F2N2OS2/c17-11-3-1-4-12(18)14(11)15(21)19-7-6-10-9-23-16(20-10)13-5-2-8-22-13/h1-5,8-9H,6-7H2,(H,19,21). The Morgan fingerprint density at radius 2 is 1.91 bits per heavy atom. The first-order valence-electron chi connectivity index (χ1n) is 6.85. The zero-order valence-corrected chi connectivity index (χ0v) is 13.5. The number of nitrogens with one attached hydrogen (secondary N) is 1. The maximum Gasteiger partial charge on any atom is 0.257 e. The Labute approximate surface area is 139 Å². The van der Waals surface area contributed by atoms with E-state index in [4.69, 9.17) is 0 Å². The second-order valence-electron chi connectivity index (χ2n) is 4.72. The quantitative estimate of drug-likeness (QED) is 0.752. The van der Waals surface area contributed by atoms with E-state index in [1.807, 2.05) is 22.9 Å². The Balaban J connectivity index is 1.58. The molecule has 0 fully saturated rings. The summed E-state index contributed by atoms with van der Waals surface area (Å²) in [5.74, 6) is -2.48. The van der Waals surface area contributed by atoms with Crippen LogP contribution in [0.3, 0.4) is 0 Å². The molecule has 7 heteroatoms. The fourth-order valence-corrected chi connectivity index (χ4v) is 3.71. The van der Waals surface area contributed by atoms with Crippen molar-refractivity contribution in [3.63, 3.8) is 0 Å². The van der Waals surface area contributed by atoms with Gasteiger partial charge in [0, 0.05) is 18.3 Å². The van der Waals surface area contributed by atoms with Crippen molar-refractivity contribution in [2.24, 2.45) is 0 Å². The molecule has 0 aliphatic heterocycles. The van der Waals surface area contributed by atoms with Crippen LogP contribution in [0.15, 0.2) is 41.1 Å². The lowest BCUT2D eigenvalue weighted by atomic mass is 10.2. The molecule has 0 bridgehead atoms. The number of carbonyl (C=O) groups excluding carboxylic acids is 1. The van der Waals surface area contributed by atoms with E-state index in [-0.39, 0.29) is 6.54 Å². The monoisotopic (exact) mass is 350 g/mol. The van der Waals surface area contributed by atoms with E-state index in [1.54, 1.807) is 11.3 Å². The summed E-state index contributed by atoms with van der Waals surface area (Å²) in [5.41, 5.74) is 0.290. The molecule has 118 valence electrons. The predicted molar refractivity (Wildman–Crippen MR) is 87.8 cm³/mol. The number of thiophene rings is 1. The van der Waals surface area contributed by atoms with Crippen LogP contribution < -0.4 is 5.32 Å². The lowest BCUT2D eigenvalue weighted by molar-refractivity contribution is 0.0945. The molecular weight excluding hydrogens is 338 g/mol. The fraction of sp³-hybridized carbons (Fsp3) is 0.125. The largest absolute Gasteiger partial charge is 0.351 e. The molecule has 0 saturated heterocycles. The van der Waals surface area contributed by atoms with Crippen molar-refractivity contribution >= 4 is 28.6 Å². The van der Waals surface area contributed by atoms with Crippen LogP contribution in [0.1, 0.15) is 16.1 Å². The van der Waals surface area contributed by atoms with Crippen LogP contribution in [-0.2, 0) is 6.42 Å². The lowest BCUT2D eigenvalue weighted by Crippen LogP contribution is -2.27. The van der Waals surface area contributed by atoms with Crippen molar-refractivity contribution in [3.05, 3.63) is 64.0 Å². The third kappa shape index (κ3) is 3.62. The van der Waals surface area contributed by atoms with Crippen molar-refractivity contribution in [3.8, 4) is 9.88 Å². The summed E-state index contributed by atoms with van der Waals surface area (Å²) >= 11 is 3.15. The number of rotatable bonds is 5. The van der Waals surface area contributed by atoms with Crippen LogP contribution in [0, 0.1) is 11.6 Å². The number of halogens is 2. The average molecular weight is 350 g/mol. The van der Waals surface area contributed by atoms with Gasteiger partial charge in [0.05, 0.1) is 10.6 Å². The van der Waals surface area contributed by atoms with E-state index in [0.29, 0.717) is 6.42 Å². The Kier molecular flexibility index (Phi) is 4.78. The first-order chi connectivity index (χ1) is 11.1. The van der Waals surface area contributed by atoms with Crippen LogP contribution in [0.25, 0.3) is 9.88 Å². The third-order valence-corrected chi connectivity index (χ3v) is 5.07. The predicted octanol–water partition coefficient (Wildman–Crippen LogP) is 4.12. The van der Waals surface area contributed by atoms with Crippen LogP contribution in [0.5, 0.6) is 0 Å². The zero-order chi connectivity index (χ0) is 16.2. The smallest absolute Gasteiger partial charge is 0.257 e. The summed E-state index contributed by atoms with van der Waals surface area (Å²) in [6, 6.07) is 7.31. The molecule has 0 spiro atoms. The van der Waals surface area contributed by atoms with Crippen molar-refractivity contribution in [2.75, 3.05) is 6.54 Å². The summed E-state index contributed by atoms with van der Waals surface area (Å²) in [6.07, 6.45) is 0.504. The molecule has 1 N–H and O–H groups in total. The summed E-state index contributed by atoms with van der Waals surface area (Å²) in [4.78, 5) is 17.4. The third-order valence-electron chi connectivity index (χ3n) is 3.14. The van der Waals surface area contributed by atoms with E-state index in [0.717, 1.165) is 27.7 Å². The van der Waals surface area contributed by atoms with Crippen molar-refractivity contribution in [1.29, 1.82) is 0 Å². The van der Waals surface area contributed by atoms with Gasteiger partial charge in [-0.1, -0.05) is 12.1 Å². The maximum atomic E-state index is 13.5. The van der Waals surface area contributed by atoms with Gasteiger partial charge in [-0.25, -0.2) is 13.8 Å². The maximum absolute atomic E-state index is 13.5. The summed E-state index contributed by atoms with van der Waals surface area (Å²) < 4.78 is 27.0. The average Bonchev–Trinajstić information content (AvgIpc) is 3.18. The molecule has 0 saturated carbocycles. The van der Waals surface area contributed by atoms with Gasteiger partial charge in [0.25, 0.3) is 5.91 Å². The van der Waals surface area contributed by atoms with E-state index < -0.39 is 23.1 Å². The molecule has 0 aliphatic rings. The highest BCUT2D eigenvalue weighted by Gasteiger charge is 2.16. The molecule has 2 heterocycles. The molecule has 1 aromatic carbocycles. The van der Waals surface area contributed by atoms with Gasteiger partial charge in [-0.15, -0.1) is 22.7 Å². The van der Waals surface area contributed by atoms with Crippen molar-refractivity contribution in [2.45, 2.75) is 6.42 Å². The topological polar surface area (TPSA) is 42.0 Å². The summed E-state index contributed by atoms with van der Waals surface area (Å²) in [5, 5.41) is 7.36. The van der Waals surface area contributed by atoms with Crippen molar-refractivity contribution < 1.29 is 13.6 Å². The normalized spacial score (nSPS) is 10.7. The highest BCUT2D eigenvalue weighted by Crippen LogP contribution is 2.27. The second kappa shape index (κ2) is 6.97. The van der Waals surface area contributed by atoms with E-state index in [2.05, 4.69) is 10.3 Å². The first-order valence-corrected chi connectivity index (χ1v) is 8.61. The number of hydrogen-bond donors (Lipinski definition) is 1. The minimum absolute atomic E-state index is 0.264. The highest BCUT2D eigenvalue weighted by atomic mass is 32.1. The number of thiazole rings is 1. The molecular formula is C16H12F2N2OS2. The van der Waals surface area contributed by atoms with Gasteiger partial charge in [0.2, 0.25) is 0 Å². The molecule has 23 heavy (non-hydrogen) atoms. The number of nitrogens with zero attached hydrogens (tertiary/aromatic N) is 1. The van der Waals surface area contributed by atoms with Gasteiger partial charge in [0.1, 0.15) is 22.2 Å². The summed E-state index contributed by atoms with van der Waals surface area (Å²) in [6.45, 7) is 0.264. The van der Waals surface area contributed by atoms with Crippen LogP contribution in [0.4, 0.5) is 8.78 Å². The van der Waals surface area contributed by atoms with E-state index in [9.17, 15) is 13.6 Å². The van der Waals surface area contributed by atoms with Gasteiger partial charge in [-0.3, -0.25) is 4.79 Å². The number of carbonyl (C=O) groups is 1. The molecule has 1 amide bonds. The van der Waals surface area contributed by atoms with Gasteiger partial charge >= 0.3 is 0 Å². The zero-order valence-electron chi connectivity index (χ0n) is 11.9. The van der Waals surface area contributed by atoms with E-state index in [1.165, 1.54) is 17.4 Å². The molecule has 2 aromatic heterocycles. The van der Waals surface area contributed by atoms with E-state index >= 15 is 0 Å². The minimum atomic E-state index is -0.865. The Morgan fingerprint density at radius 1 is 1.13 bits per heavy atom. The molecule has 0 atom stereocenters. The van der Waals surface area contributed by atoms with Crippen molar-refractivity contribution in [1.82, 2.24) is 10.3 Å². The lowest BCUT2D eigenvalue weighted by Gasteiger charge is -2.06. The Bertz CT molecular complexity index is 795. The summed E-state index contributed by atoms with van der Waals surface area (Å²) in [7, 11) is 0. The first kappa shape index (κ1) is 15.8. The van der Waals surface area contributed by atoms with Crippen LogP contribution >= 0.6 is 22.7 Å². The van der Waals surface area contributed by atoms with Crippen LogP contribution in [-0.4, -0.2) is 17.4 Å². The molecule has 0 radical (unpaired) electrons. The number of benzene rings is 1. The second-order valence-corrected chi connectivity index (χ2v) is 6.53. The van der Waals surface area contributed by atoms with Gasteiger partial charge in [0.15, 0.2) is 0 Å². The van der Waals surface area contributed by atoms with Gasteiger partial charge in [-0.2, -0.15) is 0 Å². The van der Waals surface area contributed by atoms with Gasteiger partial charge in [-0.05, 0) is 23.6 Å². The molecule has 3 nitrogen and oxygen atoms in total. The number of amides is 1. The fourth-order valence-electron chi connectivity index (χ4n) is 2.04. The molecule has 0 unspecified atom stereocenters. The van der Waals surface area contributed by atoms with Crippen LogP contribution in [0.2, 0.25) is 0 Å². The number of aromatic nitrogens is 1. The number of hydrogen-bond acceptors (Lipinski definition) is 4. The molecule has 3 aromatic rings.